The third-order valence-corrected chi connectivity index (χ3v) is 3.91. The molecule has 1 fully saturated rings. The molecule has 0 saturated carbocycles. The number of benzene rings is 1. The third-order valence-electron chi connectivity index (χ3n) is 3.91. The molecule has 2 unspecified atom stereocenters. The zero-order valence-electron chi connectivity index (χ0n) is 12.8. The zero-order valence-corrected chi connectivity index (χ0v) is 12.8. The molecular weight excluding hydrogens is 268 g/mol. The molecule has 4 heteroatoms. The molecule has 0 spiro atoms. The van der Waals surface area contributed by atoms with Gasteiger partial charge in [0, 0.05) is 19.4 Å². The van der Waals surface area contributed by atoms with Crippen molar-refractivity contribution < 1.29 is 19.0 Å². The van der Waals surface area contributed by atoms with Crippen molar-refractivity contribution >= 4 is 5.97 Å². The van der Waals surface area contributed by atoms with E-state index >= 15 is 0 Å². The van der Waals surface area contributed by atoms with Crippen molar-refractivity contribution in [3.8, 4) is 0 Å². The summed E-state index contributed by atoms with van der Waals surface area (Å²) in [5.41, 5.74) is 1.27. The number of esters is 1. The van der Waals surface area contributed by atoms with Crippen molar-refractivity contribution in [1.29, 1.82) is 0 Å². The highest BCUT2D eigenvalue weighted by Gasteiger charge is 2.41. The van der Waals surface area contributed by atoms with Crippen LogP contribution >= 0.6 is 0 Å². The largest absolute Gasteiger partial charge is 0.469 e. The Hall–Kier alpha value is -1.39. The number of hydrogen-bond acceptors (Lipinski definition) is 4. The van der Waals surface area contributed by atoms with Gasteiger partial charge in [0.2, 0.25) is 0 Å². The van der Waals surface area contributed by atoms with Crippen LogP contribution in [-0.2, 0) is 25.4 Å². The Labute approximate surface area is 126 Å². The minimum atomic E-state index is -0.552. The molecular formula is C17H24O4. The first-order valence-corrected chi connectivity index (χ1v) is 7.56. The van der Waals surface area contributed by atoms with Gasteiger partial charge in [0.1, 0.15) is 0 Å². The number of carbonyl (C=O) groups is 1. The molecule has 1 aliphatic heterocycles. The molecule has 21 heavy (non-hydrogen) atoms. The van der Waals surface area contributed by atoms with E-state index in [-0.39, 0.29) is 11.9 Å². The molecule has 116 valence electrons. The summed E-state index contributed by atoms with van der Waals surface area (Å²) in [6.07, 6.45) is 2.87. The number of aryl methyl sites for hydroxylation is 1. The minimum Gasteiger partial charge on any atom is -0.469 e. The van der Waals surface area contributed by atoms with Gasteiger partial charge in [0.15, 0.2) is 5.79 Å². The van der Waals surface area contributed by atoms with Crippen molar-refractivity contribution in [2.24, 2.45) is 5.92 Å². The van der Waals surface area contributed by atoms with E-state index in [0.29, 0.717) is 19.6 Å². The second kappa shape index (κ2) is 7.57. The molecule has 0 N–H and O–H groups in total. The molecule has 4 nitrogen and oxygen atoms in total. The van der Waals surface area contributed by atoms with Gasteiger partial charge in [-0.25, -0.2) is 0 Å². The first kappa shape index (κ1) is 16.0. The summed E-state index contributed by atoms with van der Waals surface area (Å²) in [5.74, 6) is -0.553. The van der Waals surface area contributed by atoms with E-state index in [1.54, 1.807) is 0 Å². The van der Waals surface area contributed by atoms with Crippen LogP contribution in [0.15, 0.2) is 30.3 Å². The van der Waals surface area contributed by atoms with Crippen LogP contribution in [-0.4, -0.2) is 32.1 Å². The molecule has 0 radical (unpaired) electrons. The maximum absolute atomic E-state index is 11.4. The number of methoxy groups -OCH3 is 1. The Morgan fingerprint density at radius 2 is 2.14 bits per heavy atom. The monoisotopic (exact) mass is 292 g/mol. The Kier molecular flexibility index (Phi) is 5.76. The van der Waals surface area contributed by atoms with Crippen molar-refractivity contribution in [2.75, 3.05) is 20.3 Å². The fourth-order valence-corrected chi connectivity index (χ4v) is 2.87. The fourth-order valence-electron chi connectivity index (χ4n) is 2.87. The number of rotatable bonds is 7. The third kappa shape index (κ3) is 4.55. The summed E-state index contributed by atoms with van der Waals surface area (Å²) >= 11 is 0. The standard InChI is InChI=1S/C17H24O4/c1-3-20-17(10-9-14-7-5-4-6-8-14)12-15(13-21-17)11-16(18)19-2/h4-8,15H,3,9-13H2,1-2H3. The predicted octanol–water partition coefficient (Wildman–Crippen LogP) is 2.95. The first-order chi connectivity index (χ1) is 10.2. The van der Waals surface area contributed by atoms with Crippen molar-refractivity contribution in [2.45, 2.75) is 38.4 Å². The van der Waals surface area contributed by atoms with E-state index in [4.69, 9.17) is 14.2 Å². The smallest absolute Gasteiger partial charge is 0.305 e. The maximum Gasteiger partial charge on any atom is 0.305 e. The van der Waals surface area contributed by atoms with Crippen LogP contribution in [0.2, 0.25) is 0 Å². The van der Waals surface area contributed by atoms with Gasteiger partial charge in [-0.3, -0.25) is 4.79 Å². The molecule has 1 saturated heterocycles. The molecule has 0 bridgehead atoms. The number of ether oxygens (including phenoxy) is 3. The lowest BCUT2D eigenvalue weighted by atomic mass is 9.95. The SMILES string of the molecule is CCOC1(CCc2ccccc2)CC(CC(=O)OC)CO1. The normalized spacial score (nSPS) is 25.0. The average Bonchev–Trinajstić information content (AvgIpc) is 2.90. The quantitative estimate of drug-likeness (QED) is 0.725. The number of hydrogen-bond donors (Lipinski definition) is 0. The predicted molar refractivity (Wildman–Crippen MR) is 79.8 cm³/mol. The molecule has 0 aromatic heterocycles. The van der Waals surface area contributed by atoms with Crippen LogP contribution in [0, 0.1) is 5.92 Å². The van der Waals surface area contributed by atoms with Crippen molar-refractivity contribution in [3.63, 3.8) is 0 Å². The molecule has 0 aliphatic carbocycles. The first-order valence-electron chi connectivity index (χ1n) is 7.56. The molecule has 1 heterocycles. The van der Waals surface area contributed by atoms with Crippen molar-refractivity contribution in [3.05, 3.63) is 35.9 Å². The van der Waals surface area contributed by atoms with Crippen LogP contribution in [0.5, 0.6) is 0 Å². The lowest BCUT2D eigenvalue weighted by Gasteiger charge is -2.28. The van der Waals surface area contributed by atoms with Crippen LogP contribution < -0.4 is 0 Å². The Bertz CT molecular complexity index is 445. The summed E-state index contributed by atoms with van der Waals surface area (Å²) in [6.45, 7) is 3.14. The Morgan fingerprint density at radius 1 is 1.38 bits per heavy atom. The van der Waals surface area contributed by atoms with Gasteiger partial charge in [0.25, 0.3) is 0 Å². The molecule has 0 amide bonds. The molecule has 1 aromatic carbocycles. The average molecular weight is 292 g/mol. The van der Waals surface area contributed by atoms with Gasteiger partial charge in [-0.15, -0.1) is 0 Å². The van der Waals surface area contributed by atoms with Gasteiger partial charge in [0.05, 0.1) is 20.1 Å². The maximum atomic E-state index is 11.4. The van der Waals surface area contributed by atoms with Crippen LogP contribution in [0.3, 0.4) is 0 Å². The van der Waals surface area contributed by atoms with Crippen LogP contribution in [0.4, 0.5) is 0 Å². The van der Waals surface area contributed by atoms with Gasteiger partial charge in [-0.2, -0.15) is 0 Å². The van der Waals surface area contributed by atoms with E-state index in [1.165, 1.54) is 12.7 Å². The van der Waals surface area contributed by atoms with Gasteiger partial charge >= 0.3 is 5.97 Å². The molecule has 2 rings (SSSR count). The molecule has 1 aliphatic rings. The summed E-state index contributed by atoms with van der Waals surface area (Å²) in [7, 11) is 1.42. The summed E-state index contributed by atoms with van der Waals surface area (Å²) < 4.78 is 16.5. The fraction of sp³-hybridized carbons (Fsp3) is 0.588. The van der Waals surface area contributed by atoms with Crippen molar-refractivity contribution in [1.82, 2.24) is 0 Å². The zero-order chi connectivity index (χ0) is 15.1. The van der Waals surface area contributed by atoms with Gasteiger partial charge < -0.3 is 14.2 Å². The molecule has 1 aromatic rings. The number of carbonyl (C=O) groups excluding carboxylic acids is 1. The summed E-state index contributed by atoms with van der Waals surface area (Å²) in [5, 5.41) is 0. The van der Waals surface area contributed by atoms with E-state index in [9.17, 15) is 4.79 Å². The summed E-state index contributed by atoms with van der Waals surface area (Å²) in [6, 6.07) is 10.3. The second-order valence-electron chi connectivity index (χ2n) is 5.49. The topological polar surface area (TPSA) is 44.8 Å². The van der Waals surface area contributed by atoms with Gasteiger partial charge in [-0.1, -0.05) is 30.3 Å². The van der Waals surface area contributed by atoms with E-state index < -0.39 is 5.79 Å². The second-order valence-corrected chi connectivity index (χ2v) is 5.49. The Balaban J connectivity index is 1.93. The van der Waals surface area contributed by atoms with Crippen LogP contribution in [0.25, 0.3) is 0 Å². The van der Waals surface area contributed by atoms with E-state index in [1.807, 2.05) is 25.1 Å². The van der Waals surface area contributed by atoms with E-state index in [2.05, 4.69) is 12.1 Å². The minimum absolute atomic E-state index is 0.180. The molecule has 2 atom stereocenters. The highest BCUT2D eigenvalue weighted by atomic mass is 16.7. The summed E-state index contributed by atoms with van der Waals surface area (Å²) in [4.78, 5) is 11.4. The van der Waals surface area contributed by atoms with E-state index in [0.717, 1.165) is 19.3 Å². The van der Waals surface area contributed by atoms with Gasteiger partial charge in [-0.05, 0) is 24.8 Å². The van der Waals surface area contributed by atoms with Crippen LogP contribution in [0.1, 0.15) is 31.7 Å². The highest BCUT2D eigenvalue weighted by Crippen LogP contribution is 2.36. The Morgan fingerprint density at radius 3 is 2.81 bits per heavy atom. The lowest BCUT2D eigenvalue weighted by Crippen LogP contribution is -2.32. The lowest BCUT2D eigenvalue weighted by molar-refractivity contribution is -0.210. The highest BCUT2D eigenvalue weighted by molar-refractivity contribution is 5.69.